The summed E-state index contributed by atoms with van der Waals surface area (Å²) in [7, 11) is -0.976. The van der Waals surface area contributed by atoms with Gasteiger partial charge in [0.15, 0.2) is 5.78 Å². The minimum atomic E-state index is -0.976. The topological polar surface area (TPSA) is 89.7 Å². The van der Waals surface area contributed by atoms with Crippen molar-refractivity contribution in [3.63, 3.8) is 0 Å². The van der Waals surface area contributed by atoms with E-state index in [-0.39, 0.29) is 23.5 Å². The lowest BCUT2D eigenvalue weighted by molar-refractivity contribution is -0.385. The Kier molecular flexibility index (Phi) is 3.74. The van der Waals surface area contributed by atoms with Crippen molar-refractivity contribution in [2.45, 2.75) is 13.0 Å². The Balaban J connectivity index is 1.87. The van der Waals surface area contributed by atoms with E-state index in [2.05, 4.69) is 0 Å². The van der Waals surface area contributed by atoms with Crippen LogP contribution in [0, 0.1) is 10.1 Å². The minimum absolute atomic E-state index is 0.0326. The predicted octanol–water partition coefficient (Wildman–Crippen LogP) is 1.24. The molecular weight excluding hydrogens is 285 g/mol. The van der Waals surface area contributed by atoms with Gasteiger partial charge >= 0.3 is 7.12 Å². The number of hydrogen-bond donors (Lipinski definition) is 1. The molecule has 2 aromatic rings. The summed E-state index contributed by atoms with van der Waals surface area (Å²) in [6.07, 6.45) is 0.0326. The second kappa shape index (κ2) is 5.71. The number of rotatable bonds is 4. The van der Waals surface area contributed by atoms with Crippen LogP contribution in [0.3, 0.4) is 0 Å². The molecule has 22 heavy (non-hydrogen) atoms. The quantitative estimate of drug-likeness (QED) is 0.397. The number of nitro groups is 1. The maximum absolute atomic E-state index is 12.3. The number of ketones is 1. The number of benzene rings is 2. The van der Waals surface area contributed by atoms with Gasteiger partial charge in [0.1, 0.15) is 0 Å². The minimum Gasteiger partial charge on any atom is -0.423 e. The van der Waals surface area contributed by atoms with E-state index in [1.165, 1.54) is 18.2 Å². The van der Waals surface area contributed by atoms with Gasteiger partial charge in [-0.3, -0.25) is 14.9 Å². The molecule has 110 valence electrons. The van der Waals surface area contributed by atoms with Gasteiger partial charge in [0.25, 0.3) is 5.69 Å². The van der Waals surface area contributed by atoms with Crippen LogP contribution in [0.4, 0.5) is 5.69 Å². The third-order valence-electron chi connectivity index (χ3n) is 3.64. The van der Waals surface area contributed by atoms with Crippen molar-refractivity contribution in [2.24, 2.45) is 0 Å². The van der Waals surface area contributed by atoms with Crippen LogP contribution in [0.2, 0.25) is 0 Å². The molecule has 1 aliphatic heterocycles. The van der Waals surface area contributed by atoms with Gasteiger partial charge in [-0.15, -0.1) is 0 Å². The zero-order valence-corrected chi connectivity index (χ0v) is 11.6. The summed E-state index contributed by atoms with van der Waals surface area (Å²) in [6.45, 7) is 0.342. The van der Waals surface area contributed by atoms with Crippen LogP contribution in [0.15, 0.2) is 42.5 Å². The third-order valence-corrected chi connectivity index (χ3v) is 3.64. The normalized spacial score (nSPS) is 13.0. The summed E-state index contributed by atoms with van der Waals surface area (Å²) >= 11 is 0. The van der Waals surface area contributed by atoms with Gasteiger partial charge in [-0.25, -0.2) is 0 Å². The monoisotopic (exact) mass is 297 g/mol. The van der Waals surface area contributed by atoms with Crippen molar-refractivity contribution < 1.29 is 19.4 Å². The first-order valence-corrected chi connectivity index (χ1v) is 6.74. The van der Waals surface area contributed by atoms with Gasteiger partial charge in [-0.1, -0.05) is 30.3 Å². The smallest absolute Gasteiger partial charge is 0.423 e. The fraction of sp³-hybridized carbons (Fsp3) is 0.133. The molecule has 1 aliphatic rings. The van der Waals surface area contributed by atoms with Gasteiger partial charge in [0.05, 0.1) is 17.1 Å². The summed E-state index contributed by atoms with van der Waals surface area (Å²) < 4.78 is 5.10. The molecule has 0 aliphatic carbocycles. The highest BCUT2D eigenvalue weighted by molar-refractivity contribution is 6.61. The van der Waals surface area contributed by atoms with Crippen LogP contribution in [0.1, 0.15) is 21.5 Å². The number of nitro benzene ring substituents is 1. The SMILES string of the molecule is O=C(Cc1ccc2c(c1)B(O)OC2)c1ccccc1[N+](=O)[O-]. The molecule has 0 aromatic heterocycles. The molecule has 0 saturated carbocycles. The van der Waals surface area contributed by atoms with E-state index in [1.807, 2.05) is 0 Å². The van der Waals surface area contributed by atoms with Gasteiger partial charge in [-0.05, 0) is 22.7 Å². The van der Waals surface area contributed by atoms with Crippen LogP contribution in [-0.4, -0.2) is 22.8 Å². The Labute approximate surface area is 126 Å². The first-order valence-electron chi connectivity index (χ1n) is 6.74. The van der Waals surface area contributed by atoms with Crippen molar-refractivity contribution in [1.82, 2.24) is 0 Å². The van der Waals surface area contributed by atoms with Crippen LogP contribution in [-0.2, 0) is 17.7 Å². The van der Waals surface area contributed by atoms with E-state index in [9.17, 15) is 19.9 Å². The summed E-state index contributed by atoms with van der Waals surface area (Å²) in [5.41, 5.74) is 2.11. The lowest BCUT2D eigenvalue weighted by Gasteiger charge is -2.05. The van der Waals surface area contributed by atoms with Crippen LogP contribution in [0.25, 0.3) is 0 Å². The van der Waals surface area contributed by atoms with Crippen LogP contribution >= 0.6 is 0 Å². The number of carbonyl (C=O) groups excluding carboxylic acids is 1. The summed E-state index contributed by atoms with van der Waals surface area (Å²) in [5.74, 6) is -0.333. The Hall–Kier alpha value is -2.51. The lowest BCUT2D eigenvalue weighted by atomic mass is 9.78. The Morgan fingerprint density at radius 2 is 2.09 bits per heavy atom. The molecule has 7 heteroatoms. The largest absolute Gasteiger partial charge is 0.491 e. The highest BCUT2D eigenvalue weighted by Gasteiger charge is 2.27. The summed E-state index contributed by atoms with van der Waals surface area (Å²) in [5, 5.41) is 20.7. The molecule has 0 saturated heterocycles. The summed E-state index contributed by atoms with van der Waals surface area (Å²) in [4.78, 5) is 22.7. The third kappa shape index (κ3) is 2.64. The molecule has 1 N–H and O–H groups in total. The number of Topliss-reactive ketones (excluding diaryl/α,β-unsaturated/α-hetero) is 1. The maximum Gasteiger partial charge on any atom is 0.491 e. The van der Waals surface area contributed by atoms with E-state index in [4.69, 9.17) is 4.65 Å². The molecule has 0 fully saturated rings. The Morgan fingerprint density at radius 3 is 2.86 bits per heavy atom. The van der Waals surface area contributed by atoms with Crippen molar-refractivity contribution in [3.8, 4) is 0 Å². The molecule has 0 amide bonds. The Bertz CT molecular complexity index is 761. The van der Waals surface area contributed by atoms with Crippen LogP contribution < -0.4 is 5.46 Å². The molecule has 0 radical (unpaired) electrons. The Morgan fingerprint density at radius 1 is 1.32 bits per heavy atom. The number of fused-ring (bicyclic) bond motifs is 1. The van der Waals surface area contributed by atoms with E-state index < -0.39 is 12.0 Å². The van der Waals surface area contributed by atoms with E-state index in [1.54, 1.807) is 24.3 Å². The van der Waals surface area contributed by atoms with Crippen LogP contribution in [0.5, 0.6) is 0 Å². The standard InChI is InChI=1S/C15H12BNO5/c18-15(12-3-1-2-4-14(12)17(20)21)8-10-5-6-11-9-22-16(19)13(11)7-10/h1-7,19H,8-9H2. The maximum atomic E-state index is 12.3. The predicted molar refractivity (Wildman–Crippen MR) is 80.0 cm³/mol. The lowest BCUT2D eigenvalue weighted by Crippen LogP contribution is -2.28. The van der Waals surface area contributed by atoms with Crippen molar-refractivity contribution >= 4 is 24.1 Å². The van der Waals surface area contributed by atoms with Gasteiger partial charge in [0, 0.05) is 12.5 Å². The fourth-order valence-corrected chi connectivity index (χ4v) is 2.52. The molecule has 3 rings (SSSR count). The molecule has 0 atom stereocenters. The molecule has 0 bridgehead atoms. The average molecular weight is 297 g/mol. The second-order valence-corrected chi connectivity index (χ2v) is 5.07. The molecule has 6 nitrogen and oxygen atoms in total. The highest BCUT2D eigenvalue weighted by atomic mass is 16.6. The van der Waals surface area contributed by atoms with Gasteiger partial charge in [-0.2, -0.15) is 0 Å². The number of carbonyl (C=O) groups is 1. The van der Waals surface area contributed by atoms with E-state index in [0.29, 0.717) is 17.6 Å². The first kappa shape index (κ1) is 14.4. The summed E-state index contributed by atoms with van der Waals surface area (Å²) in [6, 6.07) is 11.2. The van der Waals surface area contributed by atoms with E-state index in [0.717, 1.165) is 5.56 Å². The van der Waals surface area contributed by atoms with Crippen molar-refractivity contribution in [1.29, 1.82) is 0 Å². The zero-order valence-electron chi connectivity index (χ0n) is 11.6. The molecule has 2 aromatic carbocycles. The van der Waals surface area contributed by atoms with Gasteiger partial charge in [0.2, 0.25) is 0 Å². The van der Waals surface area contributed by atoms with Crippen molar-refractivity contribution in [3.05, 3.63) is 69.3 Å². The van der Waals surface area contributed by atoms with Gasteiger partial charge < -0.3 is 9.68 Å². The average Bonchev–Trinajstić information content (AvgIpc) is 2.88. The van der Waals surface area contributed by atoms with E-state index >= 15 is 0 Å². The molecular formula is C15H12BNO5. The number of nitrogens with zero attached hydrogens (tertiary/aromatic N) is 1. The fourth-order valence-electron chi connectivity index (χ4n) is 2.52. The molecule has 0 unspecified atom stereocenters. The first-order chi connectivity index (χ1) is 10.6. The second-order valence-electron chi connectivity index (χ2n) is 5.07. The van der Waals surface area contributed by atoms with Crippen molar-refractivity contribution in [2.75, 3.05) is 0 Å². The highest BCUT2D eigenvalue weighted by Crippen LogP contribution is 2.20. The number of hydrogen-bond acceptors (Lipinski definition) is 5. The zero-order chi connectivity index (χ0) is 15.7. The number of para-hydroxylation sites is 1. The molecule has 1 heterocycles. The molecule has 0 spiro atoms.